The molecule has 206 valence electrons. The van der Waals surface area contributed by atoms with Crippen LogP contribution in [0, 0.1) is 0 Å². The molecule has 0 unspecified atom stereocenters. The van der Waals surface area contributed by atoms with Crippen LogP contribution in [0.1, 0.15) is 31.0 Å². The lowest BCUT2D eigenvalue weighted by atomic mass is 9.95. The number of fused-ring (bicyclic) bond motifs is 2. The first-order valence-electron chi connectivity index (χ1n) is 12.3. The summed E-state index contributed by atoms with van der Waals surface area (Å²) in [6.45, 7) is 3.52. The summed E-state index contributed by atoms with van der Waals surface area (Å²) in [6, 6.07) is 15.6. The Labute approximate surface area is 235 Å². The number of thiazole rings is 1. The fourth-order valence-electron chi connectivity index (χ4n) is 4.64. The van der Waals surface area contributed by atoms with Crippen LogP contribution in [0.5, 0.6) is 5.75 Å². The number of hydrogen-bond acceptors (Lipinski definition) is 6. The van der Waals surface area contributed by atoms with Gasteiger partial charge >= 0.3 is 12.1 Å². The van der Waals surface area contributed by atoms with Crippen molar-refractivity contribution in [2.45, 2.75) is 26.1 Å². The molecule has 1 aliphatic heterocycles. The zero-order valence-electron chi connectivity index (χ0n) is 21.3. The van der Waals surface area contributed by atoms with Gasteiger partial charge in [-0.05, 0) is 54.5 Å². The summed E-state index contributed by atoms with van der Waals surface area (Å²) in [4.78, 5) is 30.5. The summed E-state index contributed by atoms with van der Waals surface area (Å²) in [5, 5.41) is 2.04. The highest BCUT2D eigenvalue weighted by molar-refractivity contribution is 7.07. The number of carbonyl (C=O) groups excluding carboxylic acids is 1. The SMILES string of the molecule is CCOC(=O)C1=C(C(F)(F)F)N=c2s/c(=C\c3c(OCC)ccc4ccccc34)c(=O)n2[C@H]1c1ccc(Cl)cc1. The largest absolute Gasteiger partial charge is 0.493 e. The Morgan fingerprint density at radius 3 is 2.48 bits per heavy atom. The van der Waals surface area contributed by atoms with E-state index in [1.165, 1.54) is 31.2 Å². The number of ether oxygens (including phenoxy) is 2. The molecule has 0 aliphatic carbocycles. The van der Waals surface area contributed by atoms with Gasteiger partial charge in [-0.1, -0.05) is 65.4 Å². The number of nitrogens with zero attached hydrogens (tertiary/aromatic N) is 2. The third-order valence-electron chi connectivity index (χ3n) is 6.29. The van der Waals surface area contributed by atoms with E-state index in [9.17, 15) is 22.8 Å². The second-order valence-corrected chi connectivity index (χ2v) is 10.2. The van der Waals surface area contributed by atoms with E-state index in [4.69, 9.17) is 21.1 Å². The van der Waals surface area contributed by atoms with Gasteiger partial charge in [-0.15, -0.1) is 0 Å². The fraction of sp³-hybridized carbons (Fsp3) is 0.207. The van der Waals surface area contributed by atoms with Gasteiger partial charge in [0, 0.05) is 10.6 Å². The van der Waals surface area contributed by atoms with Gasteiger partial charge in [0.05, 0.1) is 29.4 Å². The number of rotatable bonds is 6. The number of hydrogen-bond donors (Lipinski definition) is 0. The fourth-order valence-corrected chi connectivity index (χ4v) is 5.75. The van der Waals surface area contributed by atoms with E-state index in [0.29, 0.717) is 22.9 Å². The number of aromatic nitrogens is 1. The minimum atomic E-state index is -4.99. The molecule has 0 amide bonds. The highest BCUT2D eigenvalue weighted by atomic mass is 35.5. The molecular formula is C29H22ClF3N2O4S. The topological polar surface area (TPSA) is 69.9 Å². The first kappa shape index (κ1) is 27.7. The summed E-state index contributed by atoms with van der Waals surface area (Å²) >= 11 is 6.83. The van der Waals surface area contributed by atoms with E-state index in [0.717, 1.165) is 26.7 Å². The summed E-state index contributed by atoms with van der Waals surface area (Å²) < 4.78 is 55.0. The molecule has 0 N–H and O–H groups in total. The maximum Gasteiger partial charge on any atom is 0.434 e. The summed E-state index contributed by atoms with van der Waals surface area (Å²) in [6.07, 6.45) is -3.39. The molecule has 0 radical (unpaired) electrons. The number of alkyl halides is 3. The molecule has 3 aromatic carbocycles. The second-order valence-electron chi connectivity index (χ2n) is 8.75. The zero-order valence-corrected chi connectivity index (χ0v) is 22.9. The third kappa shape index (κ3) is 5.04. The Morgan fingerprint density at radius 1 is 1.07 bits per heavy atom. The Bertz CT molecular complexity index is 1830. The van der Waals surface area contributed by atoms with Crippen molar-refractivity contribution in [3.8, 4) is 5.75 Å². The predicted octanol–water partition coefficient (Wildman–Crippen LogP) is 5.55. The monoisotopic (exact) mass is 586 g/mol. The maximum atomic E-state index is 14.3. The standard InChI is InChI=1S/C29H22ClF3N2O4S/c1-3-38-21-14-11-16-7-5-6-8-19(16)20(21)15-22-26(36)35-24(17-9-12-18(30)13-10-17)23(27(37)39-4-2)25(29(31,32)33)34-28(35)40-22/h5-15,24H,3-4H2,1-2H3/b22-15-/t24-/m0/s1. The van der Waals surface area contributed by atoms with Crippen LogP contribution in [0.3, 0.4) is 0 Å². The molecule has 4 aromatic rings. The Balaban J connectivity index is 1.84. The number of allylic oxidation sites excluding steroid dienone is 1. The normalized spacial score (nSPS) is 15.7. The first-order valence-corrected chi connectivity index (χ1v) is 13.5. The van der Waals surface area contributed by atoms with E-state index in [2.05, 4.69) is 4.99 Å². The highest BCUT2D eigenvalue weighted by Gasteiger charge is 2.45. The van der Waals surface area contributed by atoms with Gasteiger partial charge in [0.2, 0.25) is 0 Å². The summed E-state index contributed by atoms with van der Waals surface area (Å²) in [7, 11) is 0. The molecule has 0 saturated carbocycles. The smallest absolute Gasteiger partial charge is 0.434 e. The minimum absolute atomic E-state index is 0.127. The third-order valence-corrected chi connectivity index (χ3v) is 7.52. The Morgan fingerprint density at radius 2 is 1.80 bits per heavy atom. The van der Waals surface area contributed by atoms with Crippen molar-refractivity contribution >= 4 is 45.8 Å². The molecule has 40 heavy (non-hydrogen) atoms. The van der Waals surface area contributed by atoms with Crippen molar-refractivity contribution in [2.75, 3.05) is 13.2 Å². The zero-order chi connectivity index (χ0) is 28.6. The van der Waals surface area contributed by atoms with Gasteiger partial charge in [0.25, 0.3) is 5.56 Å². The van der Waals surface area contributed by atoms with E-state index in [1.807, 2.05) is 37.3 Å². The molecule has 0 spiro atoms. The average molecular weight is 587 g/mol. The van der Waals surface area contributed by atoms with Gasteiger partial charge in [-0.25, -0.2) is 9.79 Å². The molecule has 11 heteroatoms. The van der Waals surface area contributed by atoms with Gasteiger partial charge in [0.15, 0.2) is 10.5 Å². The van der Waals surface area contributed by atoms with Crippen LogP contribution in [-0.2, 0) is 9.53 Å². The van der Waals surface area contributed by atoms with Crippen molar-refractivity contribution in [1.82, 2.24) is 4.57 Å². The van der Waals surface area contributed by atoms with Crippen LogP contribution < -0.4 is 19.6 Å². The van der Waals surface area contributed by atoms with Crippen molar-refractivity contribution < 1.29 is 27.4 Å². The highest BCUT2D eigenvalue weighted by Crippen LogP contribution is 2.38. The number of esters is 1. The molecule has 5 rings (SSSR count). The summed E-state index contributed by atoms with van der Waals surface area (Å²) in [5.74, 6) is -0.690. The summed E-state index contributed by atoms with van der Waals surface area (Å²) in [5.41, 5.74) is -1.93. The van der Waals surface area contributed by atoms with E-state index in [1.54, 1.807) is 12.1 Å². The van der Waals surface area contributed by atoms with Crippen LogP contribution in [0.2, 0.25) is 5.02 Å². The number of halogens is 4. The lowest BCUT2D eigenvalue weighted by molar-refractivity contribution is -0.140. The van der Waals surface area contributed by atoms with Crippen molar-refractivity contribution in [2.24, 2.45) is 4.99 Å². The predicted molar refractivity (Wildman–Crippen MR) is 147 cm³/mol. The Hall–Kier alpha value is -3.89. The van der Waals surface area contributed by atoms with E-state index < -0.39 is 35.0 Å². The Kier molecular flexibility index (Phi) is 7.57. The molecule has 0 bridgehead atoms. The quantitative estimate of drug-likeness (QED) is 0.278. The number of carbonyl (C=O) groups is 1. The molecule has 1 aliphatic rings. The van der Waals surface area contributed by atoms with Crippen molar-refractivity contribution in [1.29, 1.82) is 0 Å². The van der Waals surface area contributed by atoms with E-state index in [-0.39, 0.29) is 21.5 Å². The van der Waals surface area contributed by atoms with Crippen LogP contribution in [0.15, 0.2) is 81.7 Å². The van der Waals surface area contributed by atoms with E-state index >= 15 is 0 Å². The van der Waals surface area contributed by atoms with Gasteiger partial charge < -0.3 is 9.47 Å². The lowest BCUT2D eigenvalue weighted by Gasteiger charge is -2.26. The van der Waals surface area contributed by atoms with Crippen LogP contribution in [0.4, 0.5) is 13.2 Å². The van der Waals surface area contributed by atoms with Crippen molar-refractivity contribution in [3.05, 3.63) is 108 Å². The molecule has 2 heterocycles. The first-order chi connectivity index (χ1) is 19.1. The maximum absolute atomic E-state index is 14.3. The molecular weight excluding hydrogens is 565 g/mol. The van der Waals surface area contributed by atoms with Gasteiger partial charge in [-0.2, -0.15) is 13.2 Å². The minimum Gasteiger partial charge on any atom is -0.493 e. The van der Waals surface area contributed by atoms with Crippen LogP contribution in [0.25, 0.3) is 16.8 Å². The van der Waals surface area contributed by atoms with Crippen molar-refractivity contribution in [3.63, 3.8) is 0 Å². The van der Waals surface area contributed by atoms with Gasteiger partial charge in [0.1, 0.15) is 5.75 Å². The second kappa shape index (κ2) is 10.9. The molecule has 1 atom stereocenters. The lowest BCUT2D eigenvalue weighted by Crippen LogP contribution is -2.41. The molecule has 6 nitrogen and oxygen atoms in total. The number of benzene rings is 3. The molecule has 0 fully saturated rings. The van der Waals surface area contributed by atoms with Crippen LogP contribution in [-0.4, -0.2) is 29.9 Å². The average Bonchev–Trinajstić information content (AvgIpc) is 3.24. The molecule has 0 saturated heterocycles. The molecule has 1 aromatic heterocycles. The van der Waals surface area contributed by atoms with Gasteiger partial charge in [-0.3, -0.25) is 9.36 Å². The van der Waals surface area contributed by atoms with Crippen LogP contribution >= 0.6 is 22.9 Å².